The Balaban J connectivity index is 0.00000225. The highest BCUT2D eigenvalue weighted by atomic mass is 35.5. The highest BCUT2D eigenvalue weighted by molar-refractivity contribution is 5.85. The fourth-order valence-electron chi connectivity index (χ4n) is 4.02. The summed E-state index contributed by atoms with van der Waals surface area (Å²) in [4.78, 5) is 9.57. The third-order valence-corrected chi connectivity index (χ3v) is 5.57. The van der Waals surface area contributed by atoms with Crippen LogP contribution in [-0.4, -0.2) is 54.3 Å². The van der Waals surface area contributed by atoms with Gasteiger partial charge >= 0.3 is 0 Å². The largest absolute Gasteiger partial charge is 0.507 e. The predicted octanol–water partition coefficient (Wildman–Crippen LogP) is 4.82. The number of hydrogen-bond acceptors (Lipinski definition) is 5. The van der Waals surface area contributed by atoms with Crippen molar-refractivity contribution in [3.8, 4) is 5.75 Å². The Bertz CT molecular complexity index is 757. The zero-order valence-electron chi connectivity index (χ0n) is 18.4. The van der Waals surface area contributed by atoms with Gasteiger partial charge in [-0.2, -0.15) is 0 Å². The van der Waals surface area contributed by atoms with Gasteiger partial charge < -0.3 is 15.3 Å². The van der Waals surface area contributed by atoms with Crippen LogP contribution in [0.1, 0.15) is 36.5 Å². The summed E-state index contributed by atoms with van der Waals surface area (Å²) in [5, 5.41) is 13.3. The second-order valence-electron chi connectivity index (χ2n) is 7.77. The fraction of sp³-hybridized carbons (Fsp3) is 0.522. The average Bonchev–Trinajstić information content (AvgIpc) is 2.70. The Labute approximate surface area is 193 Å². The maximum atomic E-state index is 9.90. The average molecular weight is 455 g/mol. The van der Waals surface area contributed by atoms with Crippen molar-refractivity contribution in [3.63, 3.8) is 0 Å². The summed E-state index contributed by atoms with van der Waals surface area (Å²) in [7, 11) is 0. The zero-order valence-corrected chi connectivity index (χ0v) is 20.0. The highest BCUT2D eigenvalue weighted by Gasteiger charge is 2.19. The summed E-state index contributed by atoms with van der Waals surface area (Å²) in [6.45, 7) is 12.4. The van der Waals surface area contributed by atoms with Crippen LogP contribution >= 0.6 is 24.8 Å². The van der Waals surface area contributed by atoms with E-state index in [1.165, 1.54) is 18.4 Å². The molecule has 0 bridgehead atoms. The van der Waals surface area contributed by atoms with E-state index in [9.17, 15) is 5.11 Å². The molecular weight excluding hydrogens is 419 g/mol. The van der Waals surface area contributed by atoms with Crippen molar-refractivity contribution in [1.29, 1.82) is 0 Å². The number of halogens is 2. The molecule has 5 nitrogen and oxygen atoms in total. The summed E-state index contributed by atoms with van der Waals surface area (Å²) < 4.78 is 0. The number of aromatic nitrogens is 1. The lowest BCUT2D eigenvalue weighted by molar-refractivity contribution is 0.252. The molecule has 30 heavy (non-hydrogen) atoms. The molecule has 0 saturated carbocycles. The van der Waals surface area contributed by atoms with E-state index < -0.39 is 0 Å². The number of phenolic OH excluding ortho intramolecular Hbond substituents is 1. The van der Waals surface area contributed by atoms with Crippen LogP contribution in [0.15, 0.2) is 30.5 Å². The van der Waals surface area contributed by atoms with Gasteiger partial charge in [-0.3, -0.25) is 4.90 Å². The van der Waals surface area contributed by atoms with Crippen molar-refractivity contribution >= 4 is 36.3 Å². The summed E-state index contributed by atoms with van der Waals surface area (Å²) in [5.74, 6) is 1.52. The van der Waals surface area contributed by atoms with Crippen molar-refractivity contribution in [2.75, 3.05) is 49.5 Å². The number of nitrogens with zero attached hydrogens (tertiary/aromatic N) is 3. The van der Waals surface area contributed by atoms with Crippen molar-refractivity contribution in [2.45, 2.75) is 40.0 Å². The first-order valence-corrected chi connectivity index (χ1v) is 10.5. The summed E-state index contributed by atoms with van der Waals surface area (Å²) in [6.07, 6.45) is 5.37. The third kappa shape index (κ3) is 6.93. The molecule has 1 aromatic heterocycles. The number of piperazine rings is 1. The molecule has 1 fully saturated rings. The van der Waals surface area contributed by atoms with Gasteiger partial charge in [0.25, 0.3) is 0 Å². The number of pyridine rings is 1. The van der Waals surface area contributed by atoms with E-state index in [-0.39, 0.29) is 24.8 Å². The fourth-order valence-corrected chi connectivity index (χ4v) is 4.02. The molecule has 1 aromatic carbocycles. The summed E-state index contributed by atoms with van der Waals surface area (Å²) >= 11 is 0. The van der Waals surface area contributed by atoms with Crippen molar-refractivity contribution in [3.05, 3.63) is 47.2 Å². The van der Waals surface area contributed by atoms with Gasteiger partial charge in [-0.1, -0.05) is 12.1 Å². The van der Waals surface area contributed by atoms with Crippen LogP contribution in [0.25, 0.3) is 0 Å². The molecule has 168 valence electrons. The Hall–Kier alpha value is -1.69. The van der Waals surface area contributed by atoms with Crippen LogP contribution in [0.5, 0.6) is 5.75 Å². The number of benzene rings is 1. The molecular formula is C23H36Cl2N4O. The zero-order chi connectivity index (χ0) is 19.9. The molecule has 0 spiro atoms. The van der Waals surface area contributed by atoms with E-state index in [0.29, 0.717) is 5.75 Å². The number of hydrogen-bond donors (Lipinski definition) is 2. The molecule has 0 atom stereocenters. The van der Waals surface area contributed by atoms with Crippen LogP contribution in [-0.2, 0) is 6.42 Å². The maximum Gasteiger partial charge on any atom is 0.152 e. The monoisotopic (exact) mass is 454 g/mol. The van der Waals surface area contributed by atoms with Gasteiger partial charge in [0.15, 0.2) is 5.82 Å². The molecule has 0 unspecified atom stereocenters. The Kier molecular flexibility index (Phi) is 11.3. The second-order valence-corrected chi connectivity index (χ2v) is 7.77. The van der Waals surface area contributed by atoms with Gasteiger partial charge in [-0.05, 0) is 75.4 Å². The van der Waals surface area contributed by atoms with Crippen molar-refractivity contribution in [2.24, 2.45) is 0 Å². The molecule has 2 N–H and O–H groups in total. The van der Waals surface area contributed by atoms with E-state index >= 15 is 0 Å². The Morgan fingerprint density at radius 3 is 2.33 bits per heavy atom. The molecule has 0 radical (unpaired) electrons. The van der Waals surface area contributed by atoms with Crippen LogP contribution in [0.2, 0.25) is 0 Å². The van der Waals surface area contributed by atoms with E-state index in [2.05, 4.69) is 45.2 Å². The topological polar surface area (TPSA) is 51.6 Å². The first kappa shape index (κ1) is 26.3. The number of rotatable bonds is 8. The standard InChI is InChI=1S/C23H34N4O.2ClH/c1-4-24-21-9-7-10-25-23(21)27-14-12-26(13-15-27)11-6-5-8-20-16-18(2)22(28)19(3)17-20;;/h7,9-10,16-17,24,28H,4-6,8,11-15H2,1-3H3;2*1H. The highest BCUT2D eigenvalue weighted by Crippen LogP contribution is 2.25. The maximum absolute atomic E-state index is 9.90. The van der Waals surface area contributed by atoms with E-state index in [1.807, 2.05) is 26.1 Å². The lowest BCUT2D eigenvalue weighted by Gasteiger charge is -2.36. The molecule has 1 aliphatic rings. The number of phenols is 1. The first-order valence-electron chi connectivity index (χ1n) is 10.5. The van der Waals surface area contributed by atoms with E-state index in [4.69, 9.17) is 0 Å². The minimum atomic E-state index is 0. The molecule has 3 rings (SSSR count). The predicted molar refractivity (Wildman–Crippen MR) is 132 cm³/mol. The summed E-state index contributed by atoms with van der Waals surface area (Å²) in [5.41, 5.74) is 4.44. The van der Waals surface area contributed by atoms with E-state index in [1.54, 1.807) is 0 Å². The van der Waals surface area contributed by atoms with Gasteiger partial charge in [0, 0.05) is 38.9 Å². The number of aryl methyl sites for hydroxylation is 3. The Morgan fingerprint density at radius 1 is 1.03 bits per heavy atom. The van der Waals surface area contributed by atoms with Gasteiger partial charge in [-0.15, -0.1) is 24.8 Å². The molecule has 2 heterocycles. The van der Waals surface area contributed by atoms with Crippen LogP contribution in [0.4, 0.5) is 11.5 Å². The van der Waals surface area contributed by atoms with Gasteiger partial charge in [0.05, 0.1) is 5.69 Å². The molecule has 0 aliphatic carbocycles. The molecule has 7 heteroatoms. The quantitative estimate of drug-likeness (QED) is 0.559. The number of unbranched alkanes of at least 4 members (excludes halogenated alkanes) is 1. The second kappa shape index (κ2) is 12.9. The third-order valence-electron chi connectivity index (χ3n) is 5.57. The van der Waals surface area contributed by atoms with Gasteiger partial charge in [-0.25, -0.2) is 4.98 Å². The molecule has 2 aromatic rings. The van der Waals surface area contributed by atoms with Crippen LogP contribution in [0.3, 0.4) is 0 Å². The summed E-state index contributed by atoms with van der Waals surface area (Å²) in [6, 6.07) is 8.35. The van der Waals surface area contributed by atoms with Crippen molar-refractivity contribution < 1.29 is 5.11 Å². The lowest BCUT2D eigenvalue weighted by atomic mass is 10.0. The first-order chi connectivity index (χ1) is 13.6. The number of aromatic hydroxyl groups is 1. The minimum absolute atomic E-state index is 0. The SMILES string of the molecule is CCNc1cccnc1N1CCN(CCCCc2cc(C)c(O)c(C)c2)CC1.Cl.Cl. The van der Waals surface area contributed by atoms with Gasteiger partial charge in [0.2, 0.25) is 0 Å². The van der Waals surface area contributed by atoms with Crippen molar-refractivity contribution in [1.82, 2.24) is 9.88 Å². The number of nitrogens with one attached hydrogen (secondary N) is 1. The molecule has 0 amide bonds. The van der Waals surface area contributed by atoms with Crippen LogP contribution < -0.4 is 10.2 Å². The lowest BCUT2D eigenvalue weighted by Crippen LogP contribution is -2.47. The van der Waals surface area contributed by atoms with E-state index in [0.717, 1.165) is 68.3 Å². The van der Waals surface area contributed by atoms with Crippen LogP contribution in [0, 0.1) is 13.8 Å². The smallest absolute Gasteiger partial charge is 0.152 e. The minimum Gasteiger partial charge on any atom is -0.507 e. The number of anilines is 2. The Morgan fingerprint density at radius 2 is 1.70 bits per heavy atom. The normalized spacial score (nSPS) is 14.0. The van der Waals surface area contributed by atoms with Gasteiger partial charge in [0.1, 0.15) is 5.75 Å². The molecule has 1 saturated heterocycles. The molecule has 1 aliphatic heterocycles.